The number of amides is 1. The molecular weight excluding hydrogens is 357 g/mol. The minimum absolute atomic E-state index is 0.104. The lowest BCUT2D eigenvalue weighted by molar-refractivity contribution is 0.102. The number of rotatable bonds is 5. The van der Waals surface area contributed by atoms with Gasteiger partial charge in [0.05, 0.1) is 5.69 Å². The summed E-state index contributed by atoms with van der Waals surface area (Å²) in [6.45, 7) is 0. The number of nitrogen functional groups attached to an aromatic ring is 1. The van der Waals surface area contributed by atoms with Gasteiger partial charge in [-0.1, -0.05) is 17.8 Å². The second-order valence-corrected chi connectivity index (χ2v) is 6.17. The minimum atomic E-state index is -0.585. The standard InChI is InChI=1S/C17H14FN5O2S/c18-11-6-4-10(5-7-11)15(24)21-13-14(19)22-17(23-16(13)25)26-9-12-3-1-2-8-20-12/h1-8H,9H2,(H,21,24)(H3,19,22,23,25). The molecule has 3 aromatic rings. The van der Waals surface area contributed by atoms with Gasteiger partial charge < -0.3 is 11.1 Å². The fourth-order valence-electron chi connectivity index (χ4n) is 2.07. The van der Waals surface area contributed by atoms with E-state index in [9.17, 15) is 14.0 Å². The van der Waals surface area contributed by atoms with Crippen LogP contribution in [0.15, 0.2) is 58.6 Å². The quantitative estimate of drug-likeness (QED) is 0.469. The van der Waals surface area contributed by atoms with Crippen LogP contribution in [-0.2, 0) is 5.75 Å². The fourth-order valence-corrected chi connectivity index (χ4v) is 2.85. The molecule has 1 aromatic carbocycles. The fraction of sp³-hybridized carbons (Fsp3) is 0.0588. The monoisotopic (exact) mass is 371 g/mol. The van der Waals surface area contributed by atoms with Gasteiger partial charge in [0.25, 0.3) is 11.5 Å². The van der Waals surface area contributed by atoms with Gasteiger partial charge in [-0.05, 0) is 36.4 Å². The number of nitrogens with zero attached hydrogens (tertiary/aromatic N) is 2. The van der Waals surface area contributed by atoms with Crippen molar-refractivity contribution in [2.24, 2.45) is 0 Å². The number of carbonyl (C=O) groups is 1. The Balaban J connectivity index is 1.73. The van der Waals surface area contributed by atoms with Crippen LogP contribution in [0.5, 0.6) is 0 Å². The van der Waals surface area contributed by atoms with Gasteiger partial charge in [0.15, 0.2) is 11.0 Å². The smallest absolute Gasteiger partial charge is 0.277 e. The van der Waals surface area contributed by atoms with Crippen molar-refractivity contribution in [1.82, 2.24) is 15.0 Å². The van der Waals surface area contributed by atoms with Crippen LogP contribution in [0.25, 0.3) is 0 Å². The van der Waals surface area contributed by atoms with E-state index >= 15 is 0 Å². The van der Waals surface area contributed by atoms with Crippen molar-refractivity contribution in [3.05, 3.63) is 76.1 Å². The molecule has 9 heteroatoms. The molecule has 26 heavy (non-hydrogen) atoms. The Morgan fingerprint density at radius 3 is 2.65 bits per heavy atom. The molecule has 7 nitrogen and oxygen atoms in total. The van der Waals surface area contributed by atoms with E-state index in [0.717, 1.165) is 17.8 Å². The first-order valence-corrected chi connectivity index (χ1v) is 8.51. The van der Waals surface area contributed by atoms with E-state index in [1.807, 2.05) is 18.2 Å². The Morgan fingerprint density at radius 1 is 1.23 bits per heavy atom. The summed E-state index contributed by atoms with van der Waals surface area (Å²) < 4.78 is 12.9. The van der Waals surface area contributed by atoms with Gasteiger partial charge in [-0.2, -0.15) is 0 Å². The molecule has 0 aliphatic rings. The van der Waals surface area contributed by atoms with Crippen molar-refractivity contribution in [2.45, 2.75) is 10.9 Å². The van der Waals surface area contributed by atoms with Crippen LogP contribution in [0, 0.1) is 5.82 Å². The van der Waals surface area contributed by atoms with Crippen molar-refractivity contribution in [2.75, 3.05) is 11.1 Å². The Labute approximate surface area is 151 Å². The molecular formula is C17H14FN5O2S. The number of halogens is 1. The van der Waals surface area contributed by atoms with Crippen LogP contribution >= 0.6 is 11.8 Å². The van der Waals surface area contributed by atoms with Gasteiger partial charge >= 0.3 is 0 Å². The normalized spacial score (nSPS) is 10.5. The summed E-state index contributed by atoms with van der Waals surface area (Å²) in [5, 5.41) is 2.72. The summed E-state index contributed by atoms with van der Waals surface area (Å²) in [6.07, 6.45) is 1.68. The van der Waals surface area contributed by atoms with E-state index in [4.69, 9.17) is 5.73 Å². The second kappa shape index (κ2) is 7.79. The summed E-state index contributed by atoms with van der Waals surface area (Å²) in [5.41, 5.74) is 6.10. The number of aromatic amines is 1. The van der Waals surface area contributed by atoms with Crippen LogP contribution in [0.4, 0.5) is 15.9 Å². The predicted molar refractivity (Wildman–Crippen MR) is 97.4 cm³/mol. The number of hydrogen-bond donors (Lipinski definition) is 3. The van der Waals surface area contributed by atoms with Crippen LogP contribution in [0.3, 0.4) is 0 Å². The Morgan fingerprint density at radius 2 is 2.00 bits per heavy atom. The van der Waals surface area contributed by atoms with E-state index in [1.165, 1.54) is 23.9 Å². The highest BCUT2D eigenvalue weighted by Gasteiger charge is 2.14. The van der Waals surface area contributed by atoms with E-state index in [0.29, 0.717) is 10.9 Å². The maximum absolute atomic E-state index is 12.9. The van der Waals surface area contributed by atoms with Gasteiger partial charge in [0, 0.05) is 17.5 Å². The zero-order valence-electron chi connectivity index (χ0n) is 13.4. The maximum atomic E-state index is 12.9. The molecule has 0 radical (unpaired) electrons. The third-order valence-electron chi connectivity index (χ3n) is 3.35. The summed E-state index contributed by atoms with van der Waals surface area (Å²) in [6, 6.07) is 10.4. The van der Waals surface area contributed by atoms with Crippen molar-refractivity contribution >= 4 is 29.2 Å². The topological polar surface area (TPSA) is 114 Å². The molecule has 0 aliphatic carbocycles. The van der Waals surface area contributed by atoms with Crippen LogP contribution in [0.2, 0.25) is 0 Å². The molecule has 0 aliphatic heterocycles. The second-order valence-electron chi connectivity index (χ2n) is 5.20. The Kier molecular flexibility index (Phi) is 5.28. The van der Waals surface area contributed by atoms with E-state index < -0.39 is 17.3 Å². The number of thioether (sulfide) groups is 1. The third-order valence-corrected chi connectivity index (χ3v) is 4.26. The third kappa shape index (κ3) is 4.25. The molecule has 0 saturated heterocycles. The van der Waals surface area contributed by atoms with Gasteiger partial charge in [0.2, 0.25) is 0 Å². The van der Waals surface area contributed by atoms with Gasteiger partial charge in [0.1, 0.15) is 11.5 Å². The molecule has 3 rings (SSSR count). The number of anilines is 2. The maximum Gasteiger partial charge on any atom is 0.277 e. The molecule has 2 aromatic heterocycles. The van der Waals surface area contributed by atoms with Gasteiger partial charge in [-0.25, -0.2) is 9.37 Å². The number of nitrogens with one attached hydrogen (secondary N) is 2. The molecule has 1 amide bonds. The van der Waals surface area contributed by atoms with Crippen molar-refractivity contribution in [3.63, 3.8) is 0 Å². The lowest BCUT2D eigenvalue weighted by Gasteiger charge is -2.08. The average molecular weight is 371 g/mol. The first-order valence-electron chi connectivity index (χ1n) is 7.52. The molecule has 4 N–H and O–H groups in total. The van der Waals surface area contributed by atoms with Crippen molar-refractivity contribution < 1.29 is 9.18 Å². The Bertz CT molecular complexity index is 977. The number of nitrogens with two attached hydrogens (primary N) is 1. The van der Waals surface area contributed by atoms with Gasteiger partial charge in [-0.15, -0.1) is 0 Å². The SMILES string of the molecule is Nc1nc(SCc2ccccn2)[nH]c(=O)c1NC(=O)c1ccc(F)cc1. The zero-order chi connectivity index (χ0) is 18.5. The molecule has 0 bridgehead atoms. The number of carbonyl (C=O) groups excluding carboxylic acids is 1. The van der Waals surface area contributed by atoms with Crippen molar-refractivity contribution in [1.29, 1.82) is 0 Å². The van der Waals surface area contributed by atoms with E-state index in [-0.39, 0.29) is 17.1 Å². The molecule has 2 heterocycles. The molecule has 132 valence electrons. The van der Waals surface area contributed by atoms with E-state index in [2.05, 4.69) is 20.3 Å². The highest BCUT2D eigenvalue weighted by Crippen LogP contribution is 2.20. The number of benzene rings is 1. The Hall–Kier alpha value is -3.20. The number of aromatic nitrogens is 3. The summed E-state index contributed by atoms with van der Waals surface area (Å²) in [4.78, 5) is 35.2. The highest BCUT2D eigenvalue weighted by molar-refractivity contribution is 7.98. The minimum Gasteiger partial charge on any atom is -0.382 e. The zero-order valence-corrected chi connectivity index (χ0v) is 14.2. The van der Waals surface area contributed by atoms with E-state index in [1.54, 1.807) is 6.20 Å². The first-order chi connectivity index (χ1) is 12.5. The predicted octanol–water partition coefficient (Wildman–Crippen LogP) is 2.43. The lowest BCUT2D eigenvalue weighted by Crippen LogP contribution is -2.23. The molecule has 0 spiro atoms. The summed E-state index contributed by atoms with van der Waals surface area (Å²) in [5.74, 6) is -0.648. The highest BCUT2D eigenvalue weighted by atomic mass is 32.2. The summed E-state index contributed by atoms with van der Waals surface area (Å²) in [7, 11) is 0. The average Bonchev–Trinajstić information content (AvgIpc) is 2.64. The van der Waals surface area contributed by atoms with Crippen molar-refractivity contribution in [3.8, 4) is 0 Å². The van der Waals surface area contributed by atoms with Gasteiger partial charge in [-0.3, -0.25) is 19.6 Å². The number of hydrogen-bond acceptors (Lipinski definition) is 6. The molecule has 0 fully saturated rings. The summed E-state index contributed by atoms with van der Waals surface area (Å²) >= 11 is 1.26. The van der Waals surface area contributed by atoms with Crippen LogP contribution < -0.4 is 16.6 Å². The van der Waals surface area contributed by atoms with Crippen LogP contribution in [0.1, 0.15) is 16.1 Å². The molecule has 0 unspecified atom stereocenters. The number of H-pyrrole nitrogens is 1. The number of pyridine rings is 1. The lowest BCUT2D eigenvalue weighted by atomic mass is 10.2. The largest absolute Gasteiger partial charge is 0.382 e. The molecule has 0 saturated carbocycles. The first kappa shape index (κ1) is 17.6. The van der Waals surface area contributed by atoms with Crippen LogP contribution in [-0.4, -0.2) is 20.9 Å². The molecule has 0 atom stereocenters.